The number of nitrogens with one attached hydrogen (secondary N) is 2. The molecule has 3 heteroatoms. The third kappa shape index (κ3) is 2.21. The Labute approximate surface area is 79.3 Å². The second-order valence-corrected chi connectivity index (χ2v) is 4.22. The van der Waals surface area contributed by atoms with Crippen LogP contribution < -0.4 is 10.6 Å². The van der Waals surface area contributed by atoms with Gasteiger partial charge in [0.15, 0.2) is 0 Å². The van der Waals surface area contributed by atoms with Crippen LogP contribution in [0.2, 0.25) is 0 Å². The number of hydrogen-bond acceptors (Lipinski definition) is 2. The highest BCUT2D eigenvalue weighted by atomic mass is 16.1. The van der Waals surface area contributed by atoms with Gasteiger partial charge in [-0.15, -0.1) is 0 Å². The lowest BCUT2D eigenvalue weighted by Gasteiger charge is -2.10. The summed E-state index contributed by atoms with van der Waals surface area (Å²) in [5.41, 5.74) is 0. The number of rotatable bonds is 4. The summed E-state index contributed by atoms with van der Waals surface area (Å²) in [4.78, 5) is 10.9. The molecule has 1 saturated carbocycles. The van der Waals surface area contributed by atoms with Crippen LogP contribution in [-0.4, -0.2) is 24.5 Å². The quantitative estimate of drug-likeness (QED) is 0.670. The molecule has 0 radical (unpaired) electrons. The van der Waals surface area contributed by atoms with E-state index in [0.717, 1.165) is 24.9 Å². The average Bonchev–Trinajstić information content (AvgIpc) is 2.78. The van der Waals surface area contributed by atoms with Crippen LogP contribution in [0.4, 0.5) is 0 Å². The van der Waals surface area contributed by atoms with E-state index in [4.69, 9.17) is 0 Å². The maximum absolute atomic E-state index is 10.9. The minimum absolute atomic E-state index is 0.217. The molecule has 1 heterocycles. The van der Waals surface area contributed by atoms with Crippen LogP contribution in [0.3, 0.4) is 0 Å². The minimum Gasteiger partial charge on any atom is -0.352 e. The highest BCUT2D eigenvalue weighted by Crippen LogP contribution is 2.33. The molecule has 13 heavy (non-hydrogen) atoms. The lowest BCUT2D eigenvalue weighted by molar-refractivity contribution is -0.119. The van der Waals surface area contributed by atoms with Crippen molar-refractivity contribution < 1.29 is 4.79 Å². The van der Waals surface area contributed by atoms with Crippen LogP contribution in [0.1, 0.15) is 32.6 Å². The number of carbonyl (C=O) groups is 1. The molecule has 1 aliphatic carbocycles. The zero-order valence-corrected chi connectivity index (χ0v) is 8.18. The van der Waals surface area contributed by atoms with Crippen molar-refractivity contribution in [3.8, 4) is 0 Å². The summed E-state index contributed by atoms with van der Waals surface area (Å²) in [5.74, 6) is 1.12. The molecule has 3 unspecified atom stereocenters. The predicted octanol–water partition coefficient (Wildman–Crippen LogP) is 0.653. The summed E-state index contributed by atoms with van der Waals surface area (Å²) in [6.07, 6.45) is 4.34. The van der Waals surface area contributed by atoms with Gasteiger partial charge in [-0.2, -0.15) is 0 Å². The first-order chi connectivity index (χ1) is 6.29. The summed E-state index contributed by atoms with van der Waals surface area (Å²) in [6, 6.07) is 1.13. The van der Waals surface area contributed by atoms with Crippen molar-refractivity contribution in [2.24, 2.45) is 5.92 Å². The van der Waals surface area contributed by atoms with E-state index in [9.17, 15) is 4.79 Å². The van der Waals surface area contributed by atoms with E-state index in [1.807, 2.05) is 0 Å². The van der Waals surface area contributed by atoms with E-state index in [-0.39, 0.29) is 5.91 Å². The number of amides is 1. The van der Waals surface area contributed by atoms with Gasteiger partial charge in [-0.3, -0.25) is 4.79 Å². The molecule has 3 atom stereocenters. The van der Waals surface area contributed by atoms with Crippen LogP contribution in [0.25, 0.3) is 0 Å². The van der Waals surface area contributed by atoms with E-state index < -0.39 is 0 Å². The van der Waals surface area contributed by atoms with E-state index in [2.05, 4.69) is 17.6 Å². The molecule has 1 amide bonds. The van der Waals surface area contributed by atoms with Crippen LogP contribution in [0.5, 0.6) is 0 Å². The van der Waals surface area contributed by atoms with Crippen molar-refractivity contribution in [2.45, 2.75) is 44.7 Å². The van der Waals surface area contributed by atoms with Gasteiger partial charge in [0.2, 0.25) is 5.91 Å². The number of carbonyl (C=O) groups excluding carboxylic acids is 1. The zero-order valence-electron chi connectivity index (χ0n) is 8.18. The molecule has 2 rings (SSSR count). The minimum atomic E-state index is 0.217. The summed E-state index contributed by atoms with van der Waals surface area (Å²) < 4.78 is 0. The topological polar surface area (TPSA) is 41.1 Å². The van der Waals surface area contributed by atoms with E-state index in [1.54, 1.807) is 0 Å². The fourth-order valence-electron chi connectivity index (χ4n) is 2.07. The predicted molar refractivity (Wildman–Crippen MR) is 51.4 cm³/mol. The fourth-order valence-corrected chi connectivity index (χ4v) is 2.07. The molecule has 1 saturated heterocycles. The Morgan fingerprint density at radius 1 is 1.62 bits per heavy atom. The van der Waals surface area contributed by atoms with Crippen molar-refractivity contribution in [1.29, 1.82) is 0 Å². The van der Waals surface area contributed by atoms with Crippen molar-refractivity contribution in [1.82, 2.24) is 10.6 Å². The van der Waals surface area contributed by atoms with E-state index >= 15 is 0 Å². The average molecular weight is 182 g/mol. The van der Waals surface area contributed by atoms with Gasteiger partial charge in [0, 0.05) is 25.0 Å². The molecule has 0 spiro atoms. The van der Waals surface area contributed by atoms with Gasteiger partial charge in [0.05, 0.1) is 0 Å². The zero-order chi connectivity index (χ0) is 9.26. The van der Waals surface area contributed by atoms with Crippen molar-refractivity contribution in [3.63, 3.8) is 0 Å². The molecule has 0 bridgehead atoms. The van der Waals surface area contributed by atoms with Crippen LogP contribution in [0, 0.1) is 5.92 Å². The van der Waals surface area contributed by atoms with Crippen LogP contribution in [0.15, 0.2) is 0 Å². The summed E-state index contributed by atoms with van der Waals surface area (Å²) in [5, 5.41) is 6.47. The van der Waals surface area contributed by atoms with Gasteiger partial charge >= 0.3 is 0 Å². The van der Waals surface area contributed by atoms with Gasteiger partial charge in [-0.1, -0.05) is 13.3 Å². The lowest BCUT2D eigenvalue weighted by Crippen LogP contribution is -2.36. The molecule has 3 nitrogen and oxygen atoms in total. The van der Waals surface area contributed by atoms with Gasteiger partial charge in [0.25, 0.3) is 0 Å². The monoisotopic (exact) mass is 182 g/mol. The SMILES string of the molecule is CCC1CC1NCC1CCC(=O)N1. The van der Waals surface area contributed by atoms with E-state index in [0.29, 0.717) is 12.5 Å². The van der Waals surface area contributed by atoms with Gasteiger partial charge < -0.3 is 10.6 Å². The smallest absolute Gasteiger partial charge is 0.220 e. The highest BCUT2D eigenvalue weighted by Gasteiger charge is 2.35. The Kier molecular flexibility index (Phi) is 2.54. The molecule has 1 aliphatic heterocycles. The van der Waals surface area contributed by atoms with Crippen molar-refractivity contribution in [2.75, 3.05) is 6.54 Å². The molecular formula is C10H18N2O. The lowest BCUT2D eigenvalue weighted by atomic mass is 10.2. The first-order valence-electron chi connectivity index (χ1n) is 5.32. The summed E-state index contributed by atoms with van der Waals surface area (Å²) in [6.45, 7) is 3.20. The molecule has 2 aliphatic rings. The van der Waals surface area contributed by atoms with E-state index in [1.165, 1.54) is 12.8 Å². The van der Waals surface area contributed by atoms with Gasteiger partial charge in [0.1, 0.15) is 0 Å². The first-order valence-corrected chi connectivity index (χ1v) is 5.32. The first kappa shape index (κ1) is 9.00. The Morgan fingerprint density at radius 2 is 2.46 bits per heavy atom. The Hall–Kier alpha value is -0.570. The normalized spacial score (nSPS) is 37.6. The fraction of sp³-hybridized carbons (Fsp3) is 0.900. The van der Waals surface area contributed by atoms with Gasteiger partial charge in [-0.05, 0) is 18.8 Å². The second kappa shape index (κ2) is 3.66. The van der Waals surface area contributed by atoms with Gasteiger partial charge in [-0.25, -0.2) is 0 Å². The summed E-state index contributed by atoms with van der Waals surface area (Å²) in [7, 11) is 0. The Bertz CT molecular complexity index is 205. The largest absolute Gasteiger partial charge is 0.352 e. The molecule has 0 aromatic heterocycles. The second-order valence-electron chi connectivity index (χ2n) is 4.22. The molecule has 74 valence electrons. The highest BCUT2D eigenvalue weighted by molar-refractivity contribution is 5.78. The maximum Gasteiger partial charge on any atom is 0.220 e. The molecule has 0 aromatic rings. The van der Waals surface area contributed by atoms with Crippen LogP contribution >= 0.6 is 0 Å². The molecule has 2 fully saturated rings. The number of hydrogen-bond donors (Lipinski definition) is 2. The van der Waals surface area contributed by atoms with Crippen molar-refractivity contribution >= 4 is 5.91 Å². The molecule has 2 N–H and O–H groups in total. The van der Waals surface area contributed by atoms with Crippen molar-refractivity contribution in [3.05, 3.63) is 0 Å². The summed E-state index contributed by atoms with van der Waals surface area (Å²) >= 11 is 0. The molecule has 0 aromatic carbocycles. The maximum atomic E-state index is 10.9. The third-order valence-electron chi connectivity index (χ3n) is 3.16. The van der Waals surface area contributed by atoms with Crippen LogP contribution in [-0.2, 0) is 4.79 Å². The Morgan fingerprint density at radius 3 is 3.00 bits per heavy atom. The Balaban J connectivity index is 1.61. The standard InChI is InChI=1S/C10H18N2O/c1-2-7-5-9(7)11-6-8-3-4-10(13)12-8/h7-9,11H,2-6H2,1H3,(H,12,13). The molecular weight excluding hydrogens is 164 g/mol. The third-order valence-corrected chi connectivity index (χ3v) is 3.16.